The maximum absolute atomic E-state index is 13.0. The minimum Gasteiger partial charge on any atom is -0.242 e. The molecule has 2 aromatic carbocycles. The fraction of sp³-hybridized carbons (Fsp3) is 0.455. The van der Waals surface area contributed by atoms with Gasteiger partial charge in [-0.3, -0.25) is 0 Å². The van der Waals surface area contributed by atoms with E-state index in [1.54, 1.807) is 0 Å². The van der Waals surface area contributed by atoms with E-state index in [1.165, 1.54) is 0 Å². The Morgan fingerprint density at radius 2 is 0.893 bits per heavy atom. The molecule has 0 unspecified atom stereocenters. The third-order valence-electron chi connectivity index (χ3n) is 4.23. The maximum Gasteiger partial charge on any atom is 0.0976 e. The van der Waals surface area contributed by atoms with Crippen molar-refractivity contribution in [2.75, 3.05) is 0 Å². The van der Waals surface area contributed by atoms with Crippen LogP contribution in [0.3, 0.4) is 0 Å². The second-order valence-corrected chi connectivity index (χ2v) is 12.8. The second-order valence-electron chi connectivity index (χ2n) is 8.77. The van der Waals surface area contributed by atoms with Crippen molar-refractivity contribution in [1.29, 1.82) is 0 Å². The molecule has 28 heavy (non-hydrogen) atoms. The molecule has 154 valence electrons. The topological polar surface area (TPSA) is 58.2 Å². The van der Waals surface area contributed by atoms with Gasteiger partial charge in [-0.15, -0.1) is 0 Å². The lowest BCUT2D eigenvalue weighted by Gasteiger charge is -2.33. The lowest BCUT2D eigenvalue weighted by Crippen LogP contribution is -2.44. The first-order valence-electron chi connectivity index (χ1n) is 9.46. The van der Waals surface area contributed by atoms with Gasteiger partial charge in [0.25, 0.3) is 0 Å². The molecule has 0 amide bonds. The molecule has 2 N–H and O–H groups in total. The lowest BCUT2D eigenvalue weighted by atomic mass is 9.95. The van der Waals surface area contributed by atoms with Crippen LogP contribution in [0.25, 0.3) is 0 Å². The van der Waals surface area contributed by atoms with Gasteiger partial charge >= 0.3 is 0 Å². The number of hydrogen-bond acceptors (Lipinski definition) is 2. The molecule has 4 nitrogen and oxygen atoms in total. The van der Waals surface area contributed by atoms with Gasteiger partial charge in [0, 0.05) is 0 Å². The van der Waals surface area contributed by atoms with E-state index in [2.05, 4.69) is 9.44 Å². The first-order valence-corrected chi connectivity index (χ1v) is 11.8. The minimum absolute atomic E-state index is 0.310. The molecular formula is C22H32N2O2S2. The molecule has 2 rings (SSSR count). The molecule has 0 aliphatic rings. The normalized spacial score (nSPS) is 16.9. The van der Waals surface area contributed by atoms with Gasteiger partial charge in [-0.25, -0.2) is 17.9 Å². The minimum atomic E-state index is -1.29. The molecule has 0 saturated carbocycles. The molecular weight excluding hydrogens is 388 g/mol. The highest BCUT2D eigenvalue weighted by atomic mass is 32.2. The second kappa shape index (κ2) is 9.44. The van der Waals surface area contributed by atoms with Crippen LogP contribution < -0.4 is 9.44 Å². The van der Waals surface area contributed by atoms with E-state index in [-0.39, 0.29) is 12.1 Å². The summed E-state index contributed by atoms with van der Waals surface area (Å²) in [5.41, 5.74) is 1.99. The van der Waals surface area contributed by atoms with Gasteiger partial charge < -0.3 is 0 Å². The molecule has 0 aliphatic carbocycles. The van der Waals surface area contributed by atoms with Crippen molar-refractivity contribution < 1.29 is 8.42 Å². The number of rotatable bonds is 7. The zero-order valence-electron chi connectivity index (χ0n) is 17.6. The van der Waals surface area contributed by atoms with Gasteiger partial charge in [-0.1, -0.05) is 60.7 Å². The number of hydrogen-bond donors (Lipinski definition) is 2. The van der Waals surface area contributed by atoms with Crippen molar-refractivity contribution in [1.82, 2.24) is 9.44 Å². The van der Waals surface area contributed by atoms with Gasteiger partial charge in [0.15, 0.2) is 0 Å². The standard InChI is InChI=1S/C22H32N2O2S2/c1-21(2,3)27(25)23-19(17-13-9-7-10-14-17)20(18-15-11-8-12-16-18)24-28(26)22(4,5)6/h7-16,19-20,23-24H,1-6H3/t19-,20-,27+,28+/m0/s1. The molecule has 0 aliphatic heterocycles. The van der Waals surface area contributed by atoms with Crippen molar-refractivity contribution in [2.45, 2.75) is 63.1 Å². The Morgan fingerprint density at radius 3 is 1.14 bits per heavy atom. The highest BCUT2D eigenvalue weighted by molar-refractivity contribution is 7.84. The summed E-state index contributed by atoms with van der Waals surface area (Å²) in [7, 11) is -2.57. The molecule has 0 aromatic heterocycles. The maximum atomic E-state index is 13.0. The van der Waals surface area contributed by atoms with Crippen molar-refractivity contribution in [3.63, 3.8) is 0 Å². The van der Waals surface area contributed by atoms with E-state index in [4.69, 9.17) is 0 Å². The van der Waals surface area contributed by atoms with E-state index in [9.17, 15) is 8.42 Å². The quantitative estimate of drug-likeness (QED) is 0.689. The monoisotopic (exact) mass is 420 g/mol. The fourth-order valence-corrected chi connectivity index (χ4v) is 4.27. The summed E-state index contributed by atoms with van der Waals surface area (Å²) in [5, 5.41) is 0. The van der Waals surface area contributed by atoms with Gasteiger partial charge in [0.05, 0.1) is 43.5 Å². The summed E-state index contributed by atoms with van der Waals surface area (Å²) in [6, 6.07) is 19.2. The zero-order valence-corrected chi connectivity index (χ0v) is 19.2. The Balaban J connectivity index is 2.51. The van der Waals surface area contributed by atoms with E-state index in [1.807, 2.05) is 102 Å². The predicted molar refractivity (Wildman–Crippen MR) is 120 cm³/mol. The Bertz CT molecular complexity index is 727. The Kier molecular flexibility index (Phi) is 7.73. The Hall–Kier alpha value is -1.34. The molecule has 0 radical (unpaired) electrons. The number of benzene rings is 2. The van der Waals surface area contributed by atoms with Gasteiger partial charge in [-0.05, 0) is 52.7 Å². The smallest absolute Gasteiger partial charge is 0.0976 e. The molecule has 4 atom stereocenters. The van der Waals surface area contributed by atoms with E-state index in [0.29, 0.717) is 0 Å². The van der Waals surface area contributed by atoms with Crippen LogP contribution in [0.1, 0.15) is 64.8 Å². The molecule has 6 heteroatoms. The highest BCUT2D eigenvalue weighted by Gasteiger charge is 2.33. The summed E-state index contributed by atoms with van der Waals surface area (Å²) in [6.45, 7) is 11.6. The Morgan fingerprint density at radius 1 is 0.607 bits per heavy atom. The fourth-order valence-electron chi connectivity index (χ4n) is 2.56. The van der Waals surface area contributed by atoms with Gasteiger partial charge in [0.2, 0.25) is 0 Å². The summed E-state index contributed by atoms with van der Waals surface area (Å²) < 4.78 is 31.7. The Labute approximate surface area is 174 Å². The van der Waals surface area contributed by atoms with Crippen molar-refractivity contribution >= 4 is 22.0 Å². The van der Waals surface area contributed by atoms with Crippen LogP contribution in [-0.4, -0.2) is 17.9 Å². The first-order chi connectivity index (χ1) is 13.0. The van der Waals surface area contributed by atoms with Crippen molar-refractivity contribution in [3.8, 4) is 0 Å². The summed E-state index contributed by atoms with van der Waals surface area (Å²) in [6.07, 6.45) is 0. The van der Waals surface area contributed by atoms with Crippen LogP contribution in [0.4, 0.5) is 0 Å². The average Bonchev–Trinajstić information content (AvgIpc) is 2.64. The molecule has 0 spiro atoms. The van der Waals surface area contributed by atoms with Crippen LogP contribution in [-0.2, 0) is 22.0 Å². The summed E-state index contributed by atoms with van der Waals surface area (Å²) >= 11 is 0. The van der Waals surface area contributed by atoms with E-state index >= 15 is 0 Å². The zero-order chi connectivity index (χ0) is 20.9. The number of nitrogens with one attached hydrogen (secondary N) is 2. The van der Waals surface area contributed by atoms with Crippen LogP contribution in [0, 0.1) is 0 Å². The van der Waals surface area contributed by atoms with Crippen LogP contribution >= 0.6 is 0 Å². The largest absolute Gasteiger partial charge is 0.242 e. The molecule has 2 aromatic rings. The highest BCUT2D eigenvalue weighted by Crippen LogP contribution is 2.32. The summed E-state index contributed by atoms with van der Waals surface area (Å²) in [5.74, 6) is 0. The molecule has 0 bridgehead atoms. The SMILES string of the molecule is CC(C)(C)[S@@](=O)N[C@@H](c1ccccc1)[C@@H](N[S@](=O)C(C)(C)C)c1ccccc1. The van der Waals surface area contributed by atoms with Crippen molar-refractivity contribution in [2.24, 2.45) is 0 Å². The van der Waals surface area contributed by atoms with Crippen molar-refractivity contribution in [3.05, 3.63) is 71.8 Å². The third kappa shape index (κ3) is 6.34. The molecule has 0 heterocycles. The van der Waals surface area contributed by atoms with Crippen LogP contribution in [0.15, 0.2) is 60.7 Å². The van der Waals surface area contributed by atoms with Crippen LogP contribution in [0.2, 0.25) is 0 Å². The van der Waals surface area contributed by atoms with E-state index in [0.717, 1.165) is 11.1 Å². The molecule has 0 fully saturated rings. The first kappa shape index (κ1) is 22.9. The third-order valence-corrected chi connectivity index (χ3v) is 7.39. The van der Waals surface area contributed by atoms with E-state index < -0.39 is 31.5 Å². The summed E-state index contributed by atoms with van der Waals surface area (Å²) in [4.78, 5) is 0. The van der Waals surface area contributed by atoms with Crippen LogP contribution in [0.5, 0.6) is 0 Å². The average molecular weight is 421 g/mol. The lowest BCUT2D eigenvalue weighted by molar-refractivity contribution is 0.485. The predicted octanol–water partition coefficient (Wildman–Crippen LogP) is 4.57. The van der Waals surface area contributed by atoms with Gasteiger partial charge in [-0.2, -0.15) is 0 Å². The van der Waals surface area contributed by atoms with Gasteiger partial charge in [0.1, 0.15) is 0 Å². The molecule has 0 saturated heterocycles.